The first kappa shape index (κ1) is 19.4. The molecule has 0 spiro atoms. The molecule has 0 aliphatic carbocycles. The molecule has 3 rings (SSSR count). The summed E-state index contributed by atoms with van der Waals surface area (Å²) in [6, 6.07) is 9.18. The maximum atomic E-state index is 12.5. The third-order valence-electron chi connectivity index (χ3n) is 4.52. The molecular weight excluding hydrogens is 366 g/mol. The van der Waals surface area contributed by atoms with Crippen molar-refractivity contribution < 1.29 is 19.0 Å². The van der Waals surface area contributed by atoms with Crippen LogP contribution in [0.2, 0.25) is 5.02 Å². The van der Waals surface area contributed by atoms with Crippen molar-refractivity contribution in [3.63, 3.8) is 0 Å². The van der Waals surface area contributed by atoms with Crippen molar-refractivity contribution in [1.29, 1.82) is 0 Å². The average Bonchev–Trinajstić information content (AvgIpc) is 2.65. The number of nitrogens with one attached hydrogen (secondary N) is 1. The van der Waals surface area contributed by atoms with Gasteiger partial charge in [0.05, 0.1) is 6.04 Å². The lowest BCUT2D eigenvalue weighted by Gasteiger charge is -2.22. The third kappa shape index (κ3) is 4.48. The molecular formula is C21H24ClNO4. The van der Waals surface area contributed by atoms with Gasteiger partial charge in [-0.1, -0.05) is 17.7 Å². The van der Waals surface area contributed by atoms with Crippen molar-refractivity contribution in [2.45, 2.75) is 39.8 Å². The molecule has 2 aromatic carbocycles. The summed E-state index contributed by atoms with van der Waals surface area (Å²) in [5.41, 5.74) is 2.78. The van der Waals surface area contributed by atoms with Gasteiger partial charge in [0.2, 0.25) is 0 Å². The van der Waals surface area contributed by atoms with Gasteiger partial charge >= 0.3 is 0 Å². The summed E-state index contributed by atoms with van der Waals surface area (Å²) in [4.78, 5) is 12.5. The third-order valence-corrected chi connectivity index (χ3v) is 5.11. The van der Waals surface area contributed by atoms with Gasteiger partial charge in [-0.3, -0.25) is 4.79 Å². The minimum Gasteiger partial charge on any atom is -0.486 e. The summed E-state index contributed by atoms with van der Waals surface area (Å²) in [5, 5.41) is 3.69. The summed E-state index contributed by atoms with van der Waals surface area (Å²) in [6.07, 6.45) is -0.635. The highest BCUT2D eigenvalue weighted by atomic mass is 35.5. The Labute approximate surface area is 164 Å². The molecule has 144 valence electrons. The largest absolute Gasteiger partial charge is 0.486 e. The van der Waals surface area contributed by atoms with E-state index in [2.05, 4.69) is 5.32 Å². The second kappa shape index (κ2) is 8.09. The Morgan fingerprint density at radius 2 is 1.70 bits per heavy atom. The first-order valence-corrected chi connectivity index (χ1v) is 9.36. The number of aryl methyl sites for hydroxylation is 2. The maximum Gasteiger partial charge on any atom is 0.261 e. The van der Waals surface area contributed by atoms with Gasteiger partial charge < -0.3 is 19.5 Å². The Morgan fingerprint density at radius 3 is 2.37 bits per heavy atom. The number of hydrogen-bond acceptors (Lipinski definition) is 4. The van der Waals surface area contributed by atoms with Gasteiger partial charge in [0, 0.05) is 5.02 Å². The number of amides is 1. The summed E-state index contributed by atoms with van der Waals surface area (Å²) in [7, 11) is 0. The van der Waals surface area contributed by atoms with E-state index in [1.54, 1.807) is 6.92 Å². The maximum absolute atomic E-state index is 12.5. The molecule has 0 bridgehead atoms. The van der Waals surface area contributed by atoms with E-state index in [-0.39, 0.29) is 11.9 Å². The lowest BCUT2D eigenvalue weighted by Crippen LogP contribution is -2.37. The minimum absolute atomic E-state index is 0.187. The van der Waals surface area contributed by atoms with Crippen LogP contribution in [0.4, 0.5) is 0 Å². The Bertz CT molecular complexity index is 829. The van der Waals surface area contributed by atoms with Crippen molar-refractivity contribution in [2.75, 3.05) is 13.2 Å². The van der Waals surface area contributed by atoms with Gasteiger partial charge in [0.15, 0.2) is 17.6 Å². The van der Waals surface area contributed by atoms with Crippen molar-refractivity contribution in [2.24, 2.45) is 0 Å². The molecule has 2 aromatic rings. The number of ether oxygens (including phenoxy) is 3. The second-order valence-corrected chi connectivity index (χ2v) is 7.14. The molecule has 0 aromatic heterocycles. The summed E-state index contributed by atoms with van der Waals surface area (Å²) >= 11 is 6.18. The van der Waals surface area contributed by atoms with Gasteiger partial charge in [-0.2, -0.15) is 0 Å². The molecule has 0 unspecified atom stereocenters. The lowest BCUT2D eigenvalue weighted by molar-refractivity contribution is -0.127. The molecule has 0 saturated heterocycles. The van der Waals surface area contributed by atoms with Crippen molar-refractivity contribution >= 4 is 17.5 Å². The van der Waals surface area contributed by atoms with Crippen LogP contribution < -0.4 is 19.5 Å². The lowest BCUT2D eigenvalue weighted by atomic mass is 10.1. The SMILES string of the molecule is Cc1cc(O[C@@H](C)C(=O)N[C@@H](C)c2ccc3c(c2)OCCO3)cc(C)c1Cl. The first-order chi connectivity index (χ1) is 12.8. The molecule has 0 radical (unpaired) electrons. The average molecular weight is 390 g/mol. The van der Waals surface area contributed by atoms with E-state index >= 15 is 0 Å². The molecule has 1 aliphatic rings. The normalized spacial score (nSPS) is 15.0. The Hall–Kier alpha value is -2.40. The van der Waals surface area contributed by atoms with Crippen LogP contribution in [-0.2, 0) is 4.79 Å². The van der Waals surface area contributed by atoms with Crippen LogP contribution in [-0.4, -0.2) is 25.2 Å². The fourth-order valence-corrected chi connectivity index (χ4v) is 3.08. The van der Waals surface area contributed by atoms with Gasteiger partial charge in [0.25, 0.3) is 5.91 Å². The van der Waals surface area contributed by atoms with Crippen LogP contribution in [0.3, 0.4) is 0 Å². The van der Waals surface area contributed by atoms with Gasteiger partial charge in [-0.15, -0.1) is 0 Å². The summed E-state index contributed by atoms with van der Waals surface area (Å²) < 4.78 is 16.9. The van der Waals surface area contributed by atoms with Crippen molar-refractivity contribution in [3.8, 4) is 17.2 Å². The molecule has 0 fully saturated rings. The number of carbonyl (C=O) groups excluding carboxylic acids is 1. The Balaban J connectivity index is 1.64. The fourth-order valence-electron chi connectivity index (χ4n) is 2.98. The van der Waals surface area contributed by atoms with Crippen LogP contribution in [0.15, 0.2) is 30.3 Å². The highest BCUT2D eigenvalue weighted by molar-refractivity contribution is 6.32. The quantitative estimate of drug-likeness (QED) is 0.824. The van der Waals surface area contributed by atoms with Crippen LogP contribution >= 0.6 is 11.6 Å². The zero-order chi connectivity index (χ0) is 19.6. The van der Waals surface area contributed by atoms with Crippen molar-refractivity contribution in [1.82, 2.24) is 5.32 Å². The predicted molar refractivity (Wildman–Crippen MR) is 105 cm³/mol. The van der Waals surface area contributed by atoms with Gasteiger partial charge in [-0.05, 0) is 68.7 Å². The first-order valence-electron chi connectivity index (χ1n) is 8.98. The highest BCUT2D eigenvalue weighted by Gasteiger charge is 2.20. The number of rotatable bonds is 5. The van der Waals surface area contributed by atoms with E-state index in [4.69, 9.17) is 25.8 Å². The molecule has 1 aliphatic heterocycles. The Morgan fingerprint density at radius 1 is 1.07 bits per heavy atom. The highest BCUT2D eigenvalue weighted by Crippen LogP contribution is 2.32. The van der Waals surface area contributed by atoms with Gasteiger partial charge in [-0.25, -0.2) is 0 Å². The van der Waals surface area contributed by atoms with E-state index in [9.17, 15) is 4.79 Å². The molecule has 1 N–H and O–H groups in total. The molecule has 1 heterocycles. The number of fused-ring (bicyclic) bond motifs is 1. The zero-order valence-corrected chi connectivity index (χ0v) is 16.7. The zero-order valence-electron chi connectivity index (χ0n) is 16.0. The molecule has 1 amide bonds. The van der Waals surface area contributed by atoms with Crippen LogP contribution in [0.1, 0.15) is 36.6 Å². The fraction of sp³-hybridized carbons (Fsp3) is 0.381. The molecule has 5 nitrogen and oxygen atoms in total. The number of halogens is 1. The van der Waals surface area contributed by atoms with Gasteiger partial charge in [0.1, 0.15) is 19.0 Å². The van der Waals surface area contributed by atoms with Crippen molar-refractivity contribution in [3.05, 3.63) is 52.0 Å². The monoisotopic (exact) mass is 389 g/mol. The number of hydrogen-bond donors (Lipinski definition) is 1. The van der Waals surface area contributed by atoms with Crippen LogP contribution in [0.25, 0.3) is 0 Å². The second-order valence-electron chi connectivity index (χ2n) is 6.76. The van der Waals surface area contributed by atoms with E-state index < -0.39 is 6.10 Å². The molecule has 6 heteroatoms. The number of carbonyl (C=O) groups is 1. The molecule has 0 saturated carbocycles. The Kier molecular flexibility index (Phi) is 5.80. The summed E-state index contributed by atoms with van der Waals surface area (Å²) in [5.74, 6) is 1.87. The summed E-state index contributed by atoms with van der Waals surface area (Å²) in [6.45, 7) is 8.56. The molecule has 27 heavy (non-hydrogen) atoms. The smallest absolute Gasteiger partial charge is 0.261 e. The minimum atomic E-state index is -0.635. The van der Waals surface area contributed by atoms with Crippen LogP contribution in [0.5, 0.6) is 17.2 Å². The van der Waals surface area contributed by atoms with E-state index in [1.807, 2.05) is 51.1 Å². The standard InChI is InChI=1S/C21H24ClNO4/c1-12-9-17(10-13(2)20(12)22)27-15(4)21(24)23-14(3)16-5-6-18-19(11-16)26-8-7-25-18/h5-6,9-11,14-15H,7-8H2,1-4H3,(H,23,24)/t14-,15-/m0/s1. The van der Waals surface area contributed by atoms with E-state index in [1.165, 1.54) is 0 Å². The van der Waals surface area contributed by atoms with Crippen LogP contribution in [0, 0.1) is 13.8 Å². The number of benzene rings is 2. The topological polar surface area (TPSA) is 56.8 Å². The van der Waals surface area contributed by atoms with E-state index in [0.29, 0.717) is 29.7 Å². The molecule has 2 atom stereocenters. The van der Waals surface area contributed by atoms with E-state index in [0.717, 1.165) is 22.4 Å². The predicted octanol–water partition coefficient (Wildman–Crippen LogP) is 4.37.